The fourth-order valence-corrected chi connectivity index (χ4v) is 1.07. The van der Waals surface area contributed by atoms with Crippen LogP contribution >= 0.6 is 0 Å². The van der Waals surface area contributed by atoms with E-state index in [2.05, 4.69) is 5.32 Å². The van der Waals surface area contributed by atoms with Crippen LogP contribution in [0.2, 0.25) is 0 Å². The highest BCUT2D eigenvalue weighted by molar-refractivity contribution is 5.92. The molecule has 1 atom stereocenters. The number of anilines is 2. The highest BCUT2D eigenvalue weighted by Crippen LogP contribution is 2.17. The van der Waals surface area contributed by atoms with Crippen molar-refractivity contribution in [3.8, 4) is 0 Å². The standard InChI is InChI=1S/C11H15FN2O/c1-3-7(2)11(15)14-8-4-5-9(12)10(13)6-8/h4-7H,3,13H2,1-2H3,(H,14,15)/t7-/m1/s1. The first-order valence-corrected chi connectivity index (χ1v) is 4.90. The van der Waals surface area contributed by atoms with E-state index in [0.29, 0.717) is 5.69 Å². The van der Waals surface area contributed by atoms with Gasteiger partial charge in [0.15, 0.2) is 0 Å². The van der Waals surface area contributed by atoms with Crippen LogP contribution in [-0.4, -0.2) is 5.91 Å². The third kappa shape index (κ3) is 2.94. The second-order valence-electron chi connectivity index (χ2n) is 3.53. The lowest BCUT2D eigenvalue weighted by Crippen LogP contribution is -2.19. The van der Waals surface area contributed by atoms with Crippen LogP contribution in [0.15, 0.2) is 18.2 Å². The molecule has 4 heteroatoms. The Morgan fingerprint density at radius 3 is 2.80 bits per heavy atom. The van der Waals surface area contributed by atoms with Gasteiger partial charge >= 0.3 is 0 Å². The van der Waals surface area contributed by atoms with Crippen LogP contribution in [0.1, 0.15) is 20.3 Å². The van der Waals surface area contributed by atoms with E-state index in [1.807, 2.05) is 13.8 Å². The third-order valence-electron chi connectivity index (χ3n) is 2.32. The molecular formula is C11H15FN2O. The molecule has 0 radical (unpaired) electrons. The molecular weight excluding hydrogens is 195 g/mol. The van der Waals surface area contributed by atoms with Gasteiger partial charge in [0.2, 0.25) is 5.91 Å². The number of nitrogen functional groups attached to an aromatic ring is 1. The second kappa shape index (κ2) is 4.77. The molecule has 1 aromatic rings. The van der Waals surface area contributed by atoms with E-state index in [9.17, 15) is 9.18 Å². The Balaban J connectivity index is 2.73. The molecule has 15 heavy (non-hydrogen) atoms. The zero-order chi connectivity index (χ0) is 11.4. The van der Waals surface area contributed by atoms with Gasteiger partial charge in [0.05, 0.1) is 5.69 Å². The molecule has 0 fully saturated rings. The first kappa shape index (κ1) is 11.5. The number of hydrogen-bond donors (Lipinski definition) is 2. The Morgan fingerprint density at radius 2 is 2.27 bits per heavy atom. The van der Waals surface area contributed by atoms with Crippen LogP contribution in [0.5, 0.6) is 0 Å². The Labute approximate surface area is 88.5 Å². The van der Waals surface area contributed by atoms with Crippen LogP contribution in [0.4, 0.5) is 15.8 Å². The lowest BCUT2D eigenvalue weighted by atomic mass is 10.1. The minimum absolute atomic E-state index is 0.0388. The molecule has 0 aliphatic rings. The summed E-state index contributed by atoms with van der Waals surface area (Å²) in [5.74, 6) is -0.615. The fourth-order valence-electron chi connectivity index (χ4n) is 1.07. The van der Waals surface area contributed by atoms with Crippen molar-refractivity contribution >= 4 is 17.3 Å². The summed E-state index contributed by atoms with van der Waals surface area (Å²) in [5, 5.41) is 2.68. The summed E-state index contributed by atoms with van der Waals surface area (Å²) < 4.78 is 12.8. The molecule has 0 saturated carbocycles. The summed E-state index contributed by atoms with van der Waals surface area (Å²) in [6.45, 7) is 3.77. The zero-order valence-electron chi connectivity index (χ0n) is 8.88. The maximum atomic E-state index is 12.8. The van der Waals surface area contributed by atoms with E-state index < -0.39 is 5.82 Å². The van der Waals surface area contributed by atoms with E-state index in [-0.39, 0.29) is 17.5 Å². The van der Waals surface area contributed by atoms with Gasteiger partial charge in [0, 0.05) is 11.6 Å². The van der Waals surface area contributed by atoms with Crippen molar-refractivity contribution in [2.75, 3.05) is 11.1 Å². The Hall–Kier alpha value is -1.58. The summed E-state index contributed by atoms with van der Waals surface area (Å²) in [6, 6.07) is 4.14. The molecule has 0 spiro atoms. The summed E-state index contributed by atoms with van der Waals surface area (Å²) in [7, 11) is 0. The highest BCUT2D eigenvalue weighted by Gasteiger charge is 2.10. The van der Waals surface area contributed by atoms with Crippen molar-refractivity contribution in [1.29, 1.82) is 0 Å². The SMILES string of the molecule is CC[C@@H](C)C(=O)Nc1ccc(F)c(N)c1. The lowest BCUT2D eigenvalue weighted by Gasteiger charge is -2.10. The molecule has 3 N–H and O–H groups in total. The number of nitrogens with two attached hydrogens (primary N) is 1. The van der Waals surface area contributed by atoms with E-state index in [1.165, 1.54) is 18.2 Å². The molecule has 0 aromatic heterocycles. The van der Waals surface area contributed by atoms with E-state index in [1.54, 1.807) is 0 Å². The summed E-state index contributed by atoms with van der Waals surface area (Å²) >= 11 is 0. The topological polar surface area (TPSA) is 55.1 Å². The molecule has 0 bridgehead atoms. The van der Waals surface area contributed by atoms with Crippen LogP contribution < -0.4 is 11.1 Å². The van der Waals surface area contributed by atoms with Gasteiger partial charge in [0.25, 0.3) is 0 Å². The first-order chi connectivity index (χ1) is 7.04. The maximum absolute atomic E-state index is 12.8. The van der Waals surface area contributed by atoms with Crippen molar-refractivity contribution < 1.29 is 9.18 Å². The van der Waals surface area contributed by atoms with Crippen LogP contribution in [0.3, 0.4) is 0 Å². The molecule has 82 valence electrons. The van der Waals surface area contributed by atoms with Crippen molar-refractivity contribution in [2.24, 2.45) is 5.92 Å². The van der Waals surface area contributed by atoms with Crippen molar-refractivity contribution in [1.82, 2.24) is 0 Å². The number of halogens is 1. The second-order valence-corrected chi connectivity index (χ2v) is 3.53. The van der Waals surface area contributed by atoms with Gasteiger partial charge in [-0.1, -0.05) is 13.8 Å². The molecule has 0 aliphatic carbocycles. The van der Waals surface area contributed by atoms with Crippen LogP contribution in [0, 0.1) is 11.7 Å². The smallest absolute Gasteiger partial charge is 0.227 e. The predicted octanol–water partition coefficient (Wildman–Crippen LogP) is 2.39. The van der Waals surface area contributed by atoms with Gasteiger partial charge in [-0.2, -0.15) is 0 Å². The monoisotopic (exact) mass is 210 g/mol. The Kier molecular flexibility index (Phi) is 3.66. The van der Waals surface area contributed by atoms with E-state index in [4.69, 9.17) is 5.73 Å². The van der Waals surface area contributed by atoms with Crippen LogP contribution in [0.25, 0.3) is 0 Å². The quantitative estimate of drug-likeness (QED) is 0.752. The normalized spacial score (nSPS) is 12.2. The van der Waals surface area contributed by atoms with Gasteiger partial charge in [-0.3, -0.25) is 4.79 Å². The molecule has 0 unspecified atom stereocenters. The number of nitrogens with one attached hydrogen (secondary N) is 1. The molecule has 0 heterocycles. The number of carbonyl (C=O) groups excluding carboxylic acids is 1. The van der Waals surface area contributed by atoms with Gasteiger partial charge in [0.1, 0.15) is 5.82 Å². The lowest BCUT2D eigenvalue weighted by molar-refractivity contribution is -0.119. The number of carbonyl (C=O) groups is 1. The van der Waals surface area contributed by atoms with Crippen molar-refractivity contribution in [3.05, 3.63) is 24.0 Å². The largest absolute Gasteiger partial charge is 0.396 e. The minimum Gasteiger partial charge on any atom is -0.396 e. The van der Waals surface area contributed by atoms with Gasteiger partial charge in [-0.15, -0.1) is 0 Å². The number of amides is 1. The van der Waals surface area contributed by atoms with E-state index >= 15 is 0 Å². The molecule has 1 rings (SSSR count). The van der Waals surface area contributed by atoms with Crippen molar-refractivity contribution in [3.63, 3.8) is 0 Å². The van der Waals surface area contributed by atoms with Gasteiger partial charge in [-0.05, 0) is 24.6 Å². The van der Waals surface area contributed by atoms with Gasteiger partial charge < -0.3 is 11.1 Å². The number of rotatable bonds is 3. The highest BCUT2D eigenvalue weighted by atomic mass is 19.1. The minimum atomic E-state index is -0.475. The summed E-state index contributed by atoms with van der Waals surface area (Å²) in [5.41, 5.74) is 5.94. The Bertz CT molecular complexity index is 366. The average molecular weight is 210 g/mol. The predicted molar refractivity (Wildman–Crippen MR) is 58.9 cm³/mol. The van der Waals surface area contributed by atoms with Gasteiger partial charge in [-0.25, -0.2) is 4.39 Å². The summed E-state index contributed by atoms with van der Waals surface area (Å²) in [4.78, 5) is 11.5. The Morgan fingerprint density at radius 1 is 1.60 bits per heavy atom. The molecule has 0 saturated heterocycles. The molecule has 1 amide bonds. The van der Waals surface area contributed by atoms with E-state index in [0.717, 1.165) is 6.42 Å². The zero-order valence-corrected chi connectivity index (χ0v) is 8.88. The maximum Gasteiger partial charge on any atom is 0.227 e. The number of hydrogen-bond acceptors (Lipinski definition) is 2. The molecule has 0 aliphatic heterocycles. The first-order valence-electron chi connectivity index (χ1n) is 4.90. The number of benzene rings is 1. The summed E-state index contributed by atoms with van der Waals surface area (Å²) in [6.07, 6.45) is 0.766. The molecule has 3 nitrogen and oxygen atoms in total. The molecule has 1 aromatic carbocycles. The third-order valence-corrected chi connectivity index (χ3v) is 2.32. The average Bonchev–Trinajstić information content (AvgIpc) is 2.22. The van der Waals surface area contributed by atoms with Crippen LogP contribution in [-0.2, 0) is 4.79 Å². The fraction of sp³-hybridized carbons (Fsp3) is 0.364. The van der Waals surface area contributed by atoms with Crippen molar-refractivity contribution in [2.45, 2.75) is 20.3 Å².